The number of hydrogen-bond acceptors (Lipinski definition) is 4. The summed E-state index contributed by atoms with van der Waals surface area (Å²) in [5.74, 6) is 2.88. The molecule has 1 aromatic heterocycles. The molecule has 0 N–H and O–H groups in total. The van der Waals surface area contributed by atoms with Gasteiger partial charge in [0.25, 0.3) is 0 Å². The van der Waals surface area contributed by atoms with Crippen LogP contribution in [-0.4, -0.2) is 44.4 Å². The smallest absolute Gasteiger partial charge is 0.231 e. The second-order valence-electron chi connectivity index (χ2n) is 6.63. The molecule has 1 amide bonds. The van der Waals surface area contributed by atoms with Gasteiger partial charge in [0.2, 0.25) is 5.91 Å². The molecule has 24 heavy (non-hydrogen) atoms. The highest BCUT2D eigenvalue weighted by molar-refractivity contribution is 7.99. The number of likely N-dealkylation sites (tertiary alicyclic amines) is 1. The van der Waals surface area contributed by atoms with Crippen molar-refractivity contribution in [3.05, 3.63) is 41.5 Å². The van der Waals surface area contributed by atoms with Crippen molar-refractivity contribution in [3.63, 3.8) is 0 Å². The third kappa shape index (κ3) is 2.73. The third-order valence-corrected chi connectivity index (χ3v) is 6.14. The van der Waals surface area contributed by atoms with Gasteiger partial charge in [0.05, 0.1) is 12.0 Å². The predicted octanol–water partition coefficient (Wildman–Crippen LogP) is 2.95. The van der Waals surface area contributed by atoms with E-state index in [0.717, 1.165) is 43.3 Å². The standard InChI is InChI=1S/C18H22N4OS/c1-12-19-13(2)22(20-12)14-6-5-9-21(10-14)18(23)16-11-24-17-8-4-3-7-15(16)17/h3-4,7-8,14,16H,5-6,9-11H2,1-2H3/t14-,16+/m1/s1. The van der Waals surface area contributed by atoms with Crippen LogP contribution in [0.4, 0.5) is 0 Å². The van der Waals surface area contributed by atoms with E-state index in [1.165, 1.54) is 10.5 Å². The number of piperidine rings is 1. The van der Waals surface area contributed by atoms with Crippen molar-refractivity contribution < 1.29 is 4.79 Å². The molecule has 3 heterocycles. The summed E-state index contributed by atoms with van der Waals surface area (Å²) in [4.78, 5) is 20.8. The average molecular weight is 342 g/mol. The van der Waals surface area contributed by atoms with Crippen LogP contribution in [-0.2, 0) is 4.79 Å². The predicted molar refractivity (Wildman–Crippen MR) is 94.3 cm³/mol. The lowest BCUT2D eigenvalue weighted by Gasteiger charge is -2.34. The van der Waals surface area contributed by atoms with Crippen LogP contribution < -0.4 is 0 Å². The molecule has 1 fully saturated rings. The van der Waals surface area contributed by atoms with E-state index in [2.05, 4.69) is 22.2 Å². The summed E-state index contributed by atoms with van der Waals surface area (Å²) < 4.78 is 2.01. The van der Waals surface area contributed by atoms with Crippen LogP contribution in [0.15, 0.2) is 29.2 Å². The van der Waals surface area contributed by atoms with Crippen molar-refractivity contribution in [2.75, 3.05) is 18.8 Å². The van der Waals surface area contributed by atoms with Gasteiger partial charge >= 0.3 is 0 Å². The Morgan fingerprint density at radius 2 is 2.12 bits per heavy atom. The molecule has 0 spiro atoms. The molecular weight excluding hydrogens is 320 g/mol. The number of benzene rings is 1. The highest BCUT2D eigenvalue weighted by Crippen LogP contribution is 2.40. The third-order valence-electron chi connectivity index (χ3n) is 4.96. The van der Waals surface area contributed by atoms with Crippen LogP contribution in [0.1, 0.15) is 42.0 Å². The summed E-state index contributed by atoms with van der Waals surface area (Å²) in [5.41, 5.74) is 1.20. The van der Waals surface area contributed by atoms with Crippen molar-refractivity contribution in [1.82, 2.24) is 19.7 Å². The minimum atomic E-state index is 0.00327. The highest BCUT2D eigenvalue weighted by atomic mass is 32.2. The zero-order valence-electron chi connectivity index (χ0n) is 14.1. The van der Waals surface area contributed by atoms with Crippen LogP contribution in [0.2, 0.25) is 0 Å². The van der Waals surface area contributed by atoms with Crippen LogP contribution >= 0.6 is 11.8 Å². The van der Waals surface area contributed by atoms with E-state index in [0.29, 0.717) is 0 Å². The number of rotatable bonds is 2. The molecule has 4 rings (SSSR count). The van der Waals surface area contributed by atoms with Crippen molar-refractivity contribution in [1.29, 1.82) is 0 Å². The van der Waals surface area contributed by atoms with Gasteiger partial charge in [-0.3, -0.25) is 4.79 Å². The molecule has 6 heteroatoms. The van der Waals surface area contributed by atoms with Gasteiger partial charge in [0, 0.05) is 23.7 Å². The second kappa shape index (κ2) is 6.24. The SMILES string of the molecule is Cc1nc(C)n([C@@H]2CCCN(C(=O)[C@H]3CSc4ccccc43)C2)n1. The summed E-state index contributed by atoms with van der Waals surface area (Å²) in [6.45, 7) is 5.50. The van der Waals surface area contributed by atoms with E-state index in [9.17, 15) is 4.79 Å². The maximum Gasteiger partial charge on any atom is 0.231 e. The number of fused-ring (bicyclic) bond motifs is 1. The fourth-order valence-electron chi connectivity index (χ4n) is 3.82. The molecule has 5 nitrogen and oxygen atoms in total. The Morgan fingerprint density at radius 3 is 2.92 bits per heavy atom. The number of nitrogens with zero attached hydrogens (tertiary/aromatic N) is 4. The second-order valence-corrected chi connectivity index (χ2v) is 7.69. The summed E-state index contributed by atoms with van der Waals surface area (Å²) in [6.07, 6.45) is 2.08. The number of aromatic nitrogens is 3. The van der Waals surface area contributed by atoms with Gasteiger partial charge in [-0.2, -0.15) is 5.10 Å². The van der Waals surface area contributed by atoms with Crippen LogP contribution in [0, 0.1) is 13.8 Å². The Morgan fingerprint density at radius 1 is 1.29 bits per heavy atom. The largest absolute Gasteiger partial charge is 0.340 e. The summed E-state index contributed by atoms with van der Waals surface area (Å²) in [7, 11) is 0. The number of amides is 1. The fraction of sp³-hybridized carbons (Fsp3) is 0.500. The molecule has 0 saturated carbocycles. The molecule has 2 atom stereocenters. The lowest BCUT2D eigenvalue weighted by molar-refractivity contribution is -0.134. The van der Waals surface area contributed by atoms with Gasteiger partial charge in [0.15, 0.2) is 0 Å². The molecule has 1 saturated heterocycles. The molecule has 2 aliphatic heterocycles. The molecule has 0 unspecified atom stereocenters. The molecule has 0 bridgehead atoms. The number of aryl methyl sites for hydroxylation is 2. The first-order chi connectivity index (χ1) is 11.6. The number of thioether (sulfide) groups is 1. The van der Waals surface area contributed by atoms with Crippen LogP contribution in [0.3, 0.4) is 0 Å². The minimum Gasteiger partial charge on any atom is -0.340 e. The lowest BCUT2D eigenvalue weighted by atomic mass is 9.97. The average Bonchev–Trinajstić information content (AvgIpc) is 3.17. The van der Waals surface area contributed by atoms with Gasteiger partial charge in [-0.25, -0.2) is 9.67 Å². The van der Waals surface area contributed by atoms with Gasteiger partial charge in [-0.15, -0.1) is 11.8 Å². The molecular formula is C18H22N4OS. The summed E-state index contributed by atoms with van der Waals surface area (Å²) >= 11 is 1.80. The normalized spacial score (nSPS) is 23.3. The van der Waals surface area contributed by atoms with Crippen LogP contribution in [0.25, 0.3) is 0 Å². The van der Waals surface area contributed by atoms with E-state index in [1.54, 1.807) is 11.8 Å². The van der Waals surface area contributed by atoms with Crippen LogP contribution in [0.5, 0.6) is 0 Å². The highest BCUT2D eigenvalue weighted by Gasteiger charge is 2.35. The van der Waals surface area contributed by atoms with Gasteiger partial charge in [0.1, 0.15) is 11.6 Å². The Hall–Kier alpha value is -1.82. The topological polar surface area (TPSA) is 51.0 Å². The molecule has 2 aromatic rings. The number of carbonyl (C=O) groups is 1. The molecule has 0 aliphatic carbocycles. The van der Waals surface area contributed by atoms with E-state index in [1.807, 2.05) is 35.6 Å². The fourth-order valence-corrected chi connectivity index (χ4v) is 5.04. The Balaban J connectivity index is 1.52. The Kier molecular flexibility index (Phi) is 4.08. The van der Waals surface area contributed by atoms with Crippen molar-refractivity contribution in [3.8, 4) is 0 Å². The zero-order valence-corrected chi connectivity index (χ0v) is 14.9. The monoisotopic (exact) mass is 342 g/mol. The Labute approximate surface area is 146 Å². The van der Waals surface area contributed by atoms with Crippen molar-refractivity contribution in [2.24, 2.45) is 0 Å². The van der Waals surface area contributed by atoms with E-state index in [-0.39, 0.29) is 17.9 Å². The van der Waals surface area contributed by atoms with E-state index < -0.39 is 0 Å². The maximum absolute atomic E-state index is 13.1. The van der Waals surface area contributed by atoms with E-state index >= 15 is 0 Å². The summed E-state index contributed by atoms with van der Waals surface area (Å²) in [6, 6.07) is 8.54. The quantitative estimate of drug-likeness (QED) is 0.842. The molecule has 126 valence electrons. The summed E-state index contributed by atoms with van der Waals surface area (Å²) in [5, 5.41) is 4.52. The molecule has 1 aromatic carbocycles. The lowest BCUT2D eigenvalue weighted by Crippen LogP contribution is -2.43. The maximum atomic E-state index is 13.1. The van der Waals surface area contributed by atoms with Crippen molar-refractivity contribution >= 4 is 17.7 Å². The van der Waals surface area contributed by atoms with Gasteiger partial charge < -0.3 is 4.90 Å². The Bertz CT molecular complexity index is 772. The van der Waals surface area contributed by atoms with Gasteiger partial charge in [-0.05, 0) is 38.3 Å². The first kappa shape index (κ1) is 15.7. The first-order valence-corrected chi connectivity index (χ1v) is 9.52. The van der Waals surface area contributed by atoms with E-state index in [4.69, 9.17) is 0 Å². The zero-order chi connectivity index (χ0) is 16.7. The molecule has 2 aliphatic rings. The molecule has 0 radical (unpaired) electrons. The van der Waals surface area contributed by atoms with Crippen molar-refractivity contribution in [2.45, 2.75) is 43.5 Å². The number of hydrogen-bond donors (Lipinski definition) is 0. The first-order valence-electron chi connectivity index (χ1n) is 8.54. The van der Waals surface area contributed by atoms with Gasteiger partial charge in [-0.1, -0.05) is 18.2 Å². The number of carbonyl (C=O) groups excluding carboxylic acids is 1. The minimum absolute atomic E-state index is 0.00327.